The summed E-state index contributed by atoms with van der Waals surface area (Å²) in [5.74, 6) is 0. The van der Waals surface area contributed by atoms with Crippen molar-refractivity contribution in [3.05, 3.63) is 38.8 Å². The summed E-state index contributed by atoms with van der Waals surface area (Å²) in [6.45, 7) is 5.16. The number of non-ortho nitro benzene ring substituents is 1. The van der Waals surface area contributed by atoms with Gasteiger partial charge in [-0.05, 0) is 33.3 Å². The van der Waals surface area contributed by atoms with Crippen molar-refractivity contribution in [1.29, 1.82) is 0 Å². The summed E-state index contributed by atoms with van der Waals surface area (Å²) in [5.41, 5.74) is -0.473. The van der Waals surface area contributed by atoms with Crippen LogP contribution in [0.4, 0.5) is 5.69 Å². The fraction of sp³-hybridized carbons (Fsp3) is 0.533. The Morgan fingerprint density at radius 3 is 2.48 bits per heavy atom. The second kappa shape index (κ2) is 6.13. The molecule has 0 aliphatic heterocycles. The van der Waals surface area contributed by atoms with Crippen molar-refractivity contribution in [1.82, 2.24) is 9.13 Å². The van der Waals surface area contributed by atoms with Crippen LogP contribution in [-0.2, 0) is 13.1 Å². The zero-order chi connectivity index (χ0) is 17.4. The largest absolute Gasteiger partial charge is 0.392 e. The van der Waals surface area contributed by atoms with Crippen LogP contribution in [0.2, 0.25) is 0 Å². The van der Waals surface area contributed by atoms with Crippen LogP contribution in [0.25, 0.3) is 11.0 Å². The van der Waals surface area contributed by atoms with Crippen molar-refractivity contribution in [3.63, 3.8) is 0 Å². The molecule has 0 aliphatic carbocycles. The first-order chi connectivity index (χ1) is 10.6. The number of nitrogens with zero attached hydrogens (tertiary/aromatic N) is 3. The van der Waals surface area contributed by atoms with Gasteiger partial charge in [-0.25, -0.2) is 4.79 Å². The molecule has 1 aromatic carbocycles. The van der Waals surface area contributed by atoms with Crippen LogP contribution in [0.1, 0.15) is 27.2 Å². The fourth-order valence-corrected chi connectivity index (χ4v) is 2.46. The number of nitro benzene ring substituents is 1. The average Bonchev–Trinajstić information content (AvgIpc) is 2.67. The highest BCUT2D eigenvalue weighted by atomic mass is 16.6. The summed E-state index contributed by atoms with van der Waals surface area (Å²) >= 11 is 0. The summed E-state index contributed by atoms with van der Waals surface area (Å²) in [6, 6.07) is 4.19. The molecule has 2 rings (SSSR count). The highest BCUT2D eigenvalue weighted by Gasteiger charge is 2.20. The smallest absolute Gasteiger partial charge is 0.329 e. The molecule has 23 heavy (non-hydrogen) atoms. The van der Waals surface area contributed by atoms with E-state index in [4.69, 9.17) is 0 Å². The highest BCUT2D eigenvalue weighted by Crippen LogP contribution is 2.22. The third-order valence-electron chi connectivity index (χ3n) is 3.61. The Bertz CT molecular complexity index is 783. The quantitative estimate of drug-likeness (QED) is 0.614. The molecule has 2 N–H and O–H groups in total. The lowest BCUT2D eigenvalue weighted by Crippen LogP contribution is -2.30. The van der Waals surface area contributed by atoms with Gasteiger partial charge in [-0.3, -0.25) is 19.2 Å². The molecule has 0 aliphatic rings. The zero-order valence-corrected chi connectivity index (χ0v) is 13.4. The molecule has 0 amide bonds. The van der Waals surface area contributed by atoms with Crippen LogP contribution in [0.5, 0.6) is 0 Å². The summed E-state index contributed by atoms with van der Waals surface area (Å²) in [6.07, 6.45) is -0.403. The third-order valence-corrected chi connectivity index (χ3v) is 3.61. The molecule has 2 aromatic rings. The molecule has 126 valence electrons. The summed E-state index contributed by atoms with van der Waals surface area (Å²) < 4.78 is 2.80. The van der Waals surface area contributed by atoms with E-state index in [1.807, 2.05) is 0 Å². The van der Waals surface area contributed by atoms with E-state index in [1.165, 1.54) is 27.3 Å². The van der Waals surface area contributed by atoms with E-state index in [0.29, 0.717) is 17.5 Å². The molecule has 0 saturated heterocycles. The normalized spacial score (nSPS) is 13.4. The number of fused-ring (bicyclic) bond motifs is 1. The highest BCUT2D eigenvalue weighted by molar-refractivity contribution is 5.78. The van der Waals surface area contributed by atoms with Crippen LogP contribution in [0.3, 0.4) is 0 Å². The van der Waals surface area contributed by atoms with Gasteiger partial charge in [-0.2, -0.15) is 0 Å². The molecule has 0 radical (unpaired) electrons. The Kier molecular flexibility index (Phi) is 4.58. The maximum atomic E-state index is 12.6. The number of imidazole rings is 1. The predicted octanol–water partition coefficient (Wildman–Crippen LogP) is 1.25. The molecular formula is C15H21N3O5. The summed E-state index contributed by atoms with van der Waals surface area (Å²) in [4.78, 5) is 23.0. The monoisotopic (exact) mass is 323 g/mol. The van der Waals surface area contributed by atoms with E-state index >= 15 is 0 Å². The zero-order valence-electron chi connectivity index (χ0n) is 13.4. The second-order valence-electron chi connectivity index (χ2n) is 6.39. The molecule has 0 bridgehead atoms. The van der Waals surface area contributed by atoms with Crippen LogP contribution in [0.15, 0.2) is 23.0 Å². The van der Waals surface area contributed by atoms with Crippen LogP contribution < -0.4 is 5.69 Å². The number of nitro groups is 1. The van der Waals surface area contributed by atoms with Crippen molar-refractivity contribution < 1.29 is 15.1 Å². The van der Waals surface area contributed by atoms with E-state index in [-0.39, 0.29) is 24.5 Å². The van der Waals surface area contributed by atoms with Gasteiger partial charge in [0.25, 0.3) is 5.69 Å². The Morgan fingerprint density at radius 1 is 1.30 bits per heavy atom. The molecule has 1 atom stereocenters. The fourth-order valence-electron chi connectivity index (χ4n) is 2.46. The lowest BCUT2D eigenvalue weighted by molar-refractivity contribution is -0.384. The third kappa shape index (κ3) is 3.77. The minimum atomic E-state index is -0.959. The molecule has 1 aromatic heterocycles. The van der Waals surface area contributed by atoms with Gasteiger partial charge in [-0.15, -0.1) is 0 Å². The number of aliphatic hydroxyl groups is 2. The van der Waals surface area contributed by atoms with Crippen molar-refractivity contribution in [2.75, 3.05) is 0 Å². The molecule has 0 spiro atoms. The number of hydrogen-bond donors (Lipinski definition) is 2. The topological polar surface area (TPSA) is 111 Å². The average molecular weight is 323 g/mol. The van der Waals surface area contributed by atoms with Crippen molar-refractivity contribution in [2.45, 2.75) is 52.0 Å². The number of hydrogen-bond acceptors (Lipinski definition) is 5. The predicted molar refractivity (Wildman–Crippen MR) is 85.4 cm³/mol. The minimum absolute atomic E-state index is 0.0999. The van der Waals surface area contributed by atoms with Gasteiger partial charge < -0.3 is 10.2 Å². The SMILES string of the molecule is C[C@@H](O)Cn1c(=O)n(CCC(C)(C)O)c2cc([N+](=O)[O-])ccc21. The first-order valence-electron chi connectivity index (χ1n) is 7.38. The van der Waals surface area contributed by atoms with E-state index < -0.39 is 16.6 Å². The number of aryl methyl sites for hydroxylation is 1. The molecule has 8 heteroatoms. The molecule has 0 unspecified atom stereocenters. The summed E-state index contributed by atoms with van der Waals surface area (Å²) in [7, 11) is 0. The van der Waals surface area contributed by atoms with E-state index in [0.717, 1.165) is 0 Å². The maximum absolute atomic E-state index is 12.6. The van der Waals surface area contributed by atoms with Gasteiger partial charge >= 0.3 is 5.69 Å². The number of benzene rings is 1. The minimum Gasteiger partial charge on any atom is -0.392 e. The summed E-state index contributed by atoms with van der Waals surface area (Å²) in [5, 5.41) is 30.4. The van der Waals surface area contributed by atoms with Gasteiger partial charge in [0.15, 0.2) is 0 Å². The first-order valence-corrected chi connectivity index (χ1v) is 7.38. The van der Waals surface area contributed by atoms with Crippen molar-refractivity contribution >= 4 is 16.7 Å². The van der Waals surface area contributed by atoms with Gasteiger partial charge in [0.1, 0.15) is 0 Å². The number of aromatic nitrogens is 2. The van der Waals surface area contributed by atoms with E-state index in [9.17, 15) is 25.1 Å². The Morgan fingerprint density at radius 2 is 1.96 bits per heavy atom. The molecule has 1 heterocycles. The van der Waals surface area contributed by atoms with Gasteiger partial charge in [0.2, 0.25) is 0 Å². The molecule has 0 saturated carbocycles. The standard InChI is InChI=1S/C15H21N3O5/c1-10(19)9-17-12-5-4-11(18(22)23)8-13(12)16(14(17)20)7-6-15(2,3)21/h4-5,8,10,19,21H,6-7,9H2,1-3H3/t10-/m1/s1. The maximum Gasteiger partial charge on any atom is 0.329 e. The van der Waals surface area contributed by atoms with Crippen LogP contribution >= 0.6 is 0 Å². The second-order valence-corrected chi connectivity index (χ2v) is 6.39. The lowest BCUT2D eigenvalue weighted by atomic mass is 10.1. The van der Waals surface area contributed by atoms with Crippen LogP contribution in [0, 0.1) is 10.1 Å². The Labute approximate surface area is 132 Å². The first kappa shape index (κ1) is 17.2. The number of aliphatic hydroxyl groups excluding tert-OH is 1. The lowest BCUT2D eigenvalue weighted by Gasteiger charge is -2.16. The van der Waals surface area contributed by atoms with Gasteiger partial charge in [0.05, 0.1) is 34.2 Å². The number of rotatable bonds is 6. The van der Waals surface area contributed by atoms with E-state index in [2.05, 4.69) is 0 Å². The molecular weight excluding hydrogens is 302 g/mol. The Balaban J connectivity index is 2.61. The van der Waals surface area contributed by atoms with Gasteiger partial charge in [-0.1, -0.05) is 0 Å². The Hall–Kier alpha value is -2.19. The van der Waals surface area contributed by atoms with Crippen LogP contribution in [-0.4, -0.2) is 36.0 Å². The van der Waals surface area contributed by atoms with Gasteiger partial charge in [0, 0.05) is 18.7 Å². The molecule has 8 nitrogen and oxygen atoms in total. The van der Waals surface area contributed by atoms with E-state index in [1.54, 1.807) is 20.8 Å². The van der Waals surface area contributed by atoms with Crippen molar-refractivity contribution in [3.8, 4) is 0 Å². The van der Waals surface area contributed by atoms with Crippen molar-refractivity contribution in [2.24, 2.45) is 0 Å². The molecule has 0 fully saturated rings.